The van der Waals surface area contributed by atoms with Crippen molar-refractivity contribution in [3.63, 3.8) is 0 Å². The molecule has 3 aromatic rings. The number of nitrogens with one attached hydrogen (secondary N) is 1. The Bertz CT molecular complexity index is 1270. The molecule has 1 saturated carbocycles. The molecule has 5 rings (SSSR count). The molecular formula is C25H20ClFN2O4S. The highest BCUT2D eigenvalue weighted by Gasteiger charge is 2.51. The number of fused-ring (bicyclic) bond motifs is 3. The molecule has 6 nitrogen and oxygen atoms in total. The second-order valence-corrected chi connectivity index (χ2v) is 10.3. The van der Waals surface area contributed by atoms with Crippen LogP contribution in [0.25, 0.3) is 0 Å². The number of thioether (sulfide) groups is 1. The Morgan fingerprint density at radius 1 is 1.12 bits per heavy atom. The lowest BCUT2D eigenvalue weighted by Gasteiger charge is -2.39. The van der Waals surface area contributed by atoms with Crippen LogP contribution in [-0.2, 0) is 0 Å². The average Bonchev–Trinajstić information content (AvgIpc) is 3.15. The number of alkyl halides is 1. The van der Waals surface area contributed by atoms with Crippen molar-refractivity contribution in [2.45, 2.75) is 33.9 Å². The SMILES string of the molecule is O=C(O)c1cccc2c1N[C@H](c1ccc(F)cc1)[C@@H]1C[C@H](Sc3ccccc3[N+](=O)[O-])[C@H](Cl)[C@@H]21. The summed E-state index contributed by atoms with van der Waals surface area (Å²) in [4.78, 5) is 23.6. The standard InChI is InChI=1S/C25H20ClFN2O4S/c26-22-20(34-19-7-2-1-6-18(19)29(32)33)12-17-21(22)15-4-3-5-16(25(30)31)24(15)28-23(17)13-8-10-14(27)11-9-13/h1-11,17,20-23,28H,12H2,(H,30,31)/t17-,20+,21+,22+,23-/m1/s1. The molecule has 0 spiro atoms. The van der Waals surface area contributed by atoms with Crippen LogP contribution >= 0.6 is 23.4 Å². The number of nitrogens with zero attached hydrogens (tertiary/aromatic N) is 1. The number of nitro benzene ring substituents is 1. The molecule has 0 radical (unpaired) electrons. The van der Waals surface area contributed by atoms with Gasteiger partial charge in [-0.1, -0.05) is 36.4 Å². The third kappa shape index (κ3) is 3.91. The smallest absolute Gasteiger partial charge is 0.337 e. The van der Waals surface area contributed by atoms with Crippen LogP contribution in [0.5, 0.6) is 0 Å². The minimum absolute atomic E-state index is 0.00947. The zero-order valence-corrected chi connectivity index (χ0v) is 19.3. The van der Waals surface area contributed by atoms with Crippen molar-refractivity contribution < 1.29 is 19.2 Å². The fraction of sp³-hybridized carbons (Fsp3) is 0.240. The molecule has 2 N–H and O–H groups in total. The number of rotatable bonds is 5. The molecule has 0 saturated heterocycles. The van der Waals surface area contributed by atoms with E-state index in [0.29, 0.717) is 17.0 Å². The van der Waals surface area contributed by atoms with E-state index in [1.807, 2.05) is 6.07 Å². The van der Waals surface area contributed by atoms with Gasteiger partial charge in [-0.15, -0.1) is 23.4 Å². The number of hydrogen-bond donors (Lipinski definition) is 2. The molecule has 34 heavy (non-hydrogen) atoms. The first-order chi connectivity index (χ1) is 16.3. The second kappa shape index (κ2) is 8.92. The first-order valence-electron chi connectivity index (χ1n) is 10.8. The summed E-state index contributed by atoms with van der Waals surface area (Å²) in [5.41, 5.74) is 2.37. The normalized spacial score (nSPS) is 25.2. The monoisotopic (exact) mass is 498 g/mol. The van der Waals surface area contributed by atoms with E-state index >= 15 is 0 Å². The topological polar surface area (TPSA) is 92.5 Å². The van der Waals surface area contributed by atoms with Gasteiger partial charge in [0.15, 0.2) is 0 Å². The van der Waals surface area contributed by atoms with E-state index in [1.165, 1.54) is 30.0 Å². The summed E-state index contributed by atoms with van der Waals surface area (Å²) < 4.78 is 13.6. The first-order valence-corrected chi connectivity index (χ1v) is 12.1. The zero-order chi connectivity index (χ0) is 24.0. The number of para-hydroxylation sites is 2. The summed E-state index contributed by atoms with van der Waals surface area (Å²) in [6.45, 7) is 0. The Labute approximate surface area is 204 Å². The lowest BCUT2D eigenvalue weighted by Crippen LogP contribution is -2.32. The Kier molecular flexibility index (Phi) is 5.95. The maximum atomic E-state index is 13.6. The molecule has 1 aliphatic carbocycles. The molecular weight excluding hydrogens is 479 g/mol. The molecule has 1 aliphatic heterocycles. The summed E-state index contributed by atoms with van der Waals surface area (Å²) in [5, 5.41) is 24.2. The lowest BCUT2D eigenvalue weighted by atomic mass is 9.76. The van der Waals surface area contributed by atoms with Gasteiger partial charge in [0.25, 0.3) is 5.69 Å². The summed E-state index contributed by atoms with van der Waals surface area (Å²) in [5.74, 6) is -1.58. The molecule has 2 aliphatic rings. The van der Waals surface area contributed by atoms with Crippen molar-refractivity contribution in [2.24, 2.45) is 5.92 Å². The van der Waals surface area contributed by atoms with E-state index < -0.39 is 10.9 Å². The van der Waals surface area contributed by atoms with Gasteiger partial charge in [-0.25, -0.2) is 9.18 Å². The molecule has 0 unspecified atom stereocenters. The van der Waals surface area contributed by atoms with Crippen molar-refractivity contribution >= 4 is 40.7 Å². The van der Waals surface area contributed by atoms with Gasteiger partial charge in [0, 0.05) is 17.2 Å². The van der Waals surface area contributed by atoms with Crippen molar-refractivity contribution in [3.05, 3.63) is 99.4 Å². The highest BCUT2D eigenvalue weighted by atomic mass is 35.5. The van der Waals surface area contributed by atoms with Crippen LogP contribution in [0, 0.1) is 21.8 Å². The number of halogens is 2. The Hall–Kier alpha value is -3.10. The van der Waals surface area contributed by atoms with Gasteiger partial charge in [0.05, 0.1) is 32.5 Å². The number of benzene rings is 3. The number of aromatic carboxylic acids is 1. The van der Waals surface area contributed by atoms with Crippen LogP contribution in [0.2, 0.25) is 0 Å². The van der Waals surface area contributed by atoms with Crippen LogP contribution < -0.4 is 5.32 Å². The minimum Gasteiger partial charge on any atom is -0.478 e. The lowest BCUT2D eigenvalue weighted by molar-refractivity contribution is -0.387. The van der Waals surface area contributed by atoms with Crippen LogP contribution in [-0.4, -0.2) is 26.6 Å². The van der Waals surface area contributed by atoms with Gasteiger partial charge in [0.1, 0.15) is 5.82 Å². The number of nitro groups is 1. The van der Waals surface area contributed by atoms with Gasteiger partial charge in [-0.3, -0.25) is 10.1 Å². The summed E-state index contributed by atoms with van der Waals surface area (Å²) in [7, 11) is 0. The highest BCUT2D eigenvalue weighted by Crippen LogP contribution is 2.58. The Balaban J connectivity index is 1.57. The molecule has 174 valence electrons. The van der Waals surface area contributed by atoms with Crippen LogP contribution in [0.1, 0.15) is 39.9 Å². The summed E-state index contributed by atoms with van der Waals surface area (Å²) in [6, 6.07) is 17.6. The average molecular weight is 499 g/mol. The predicted octanol–water partition coefficient (Wildman–Crippen LogP) is 6.47. The van der Waals surface area contributed by atoms with Crippen molar-refractivity contribution in [3.8, 4) is 0 Å². The number of carboxylic acid groups (broad SMARTS) is 1. The van der Waals surface area contributed by atoms with Gasteiger partial charge in [-0.2, -0.15) is 0 Å². The van der Waals surface area contributed by atoms with Gasteiger partial charge < -0.3 is 10.4 Å². The number of hydrogen-bond acceptors (Lipinski definition) is 5. The van der Waals surface area contributed by atoms with Gasteiger partial charge >= 0.3 is 5.97 Å². The number of anilines is 1. The van der Waals surface area contributed by atoms with Crippen LogP contribution in [0.3, 0.4) is 0 Å². The third-order valence-corrected chi connectivity index (χ3v) is 8.76. The molecule has 1 fully saturated rings. The van der Waals surface area contributed by atoms with Crippen LogP contribution in [0.15, 0.2) is 71.6 Å². The third-order valence-electron chi connectivity index (χ3n) is 6.65. The first kappa shape index (κ1) is 22.7. The molecule has 0 aromatic heterocycles. The fourth-order valence-electron chi connectivity index (χ4n) is 5.19. The Morgan fingerprint density at radius 2 is 1.85 bits per heavy atom. The predicted molar refractivity (Wildman–Crippen MR) is 129 cm³/mol. The molecule has 3 aromatic carbocycles. The fourth-order valence-corrected chi connectivity index (χ4v) is 7.14. The van der Waals surface area contributed by atoms with Crippen molar-refractivity contribution in [1.82, 2.24) is 0 Å². The van der Waals surface area contributed by atoms with Crippen LogP contribution in [0.4, 0.5) is 15.8 Å². The molecule has 0 bridgehead atoms. The largest absolute Gasteiger partial charge is 0.478 e. The second-order valence-electron chi connectivity index (χ2n) is 8.50. The van der Waals surface area contributed by atoms with Crippen molar-refractivity contribution in [1.29, 1.82) is 0 Å². The van der Waals surface area contributed by atoms with E-state index in [-0.39, 0.29) is 45.6 Å². The molecule has 1 heterocycles. The van der Waals surface area contributed by atoms with E-state index in [9.17, 15) is 24.4 Å². The maximum absolute atomic E-state index is 13.6. The van der Waals surface area contributed by atoms with Gasteiger partial charge in [-0.05, 0) is 47.7 Å². The molecule has 0 amide bonds. The molecule has 5 atom stereocenters. The van der Waals surface area contributed by atoms with E-state index in [2.05, 4.69) is 5.32 Å². The zero-order valence-electron chi connectivity index (χ0n) is 17.7. The summed E-state index contributed by atoms with van der Waals surface area (Å²) in [6.07, 6.45) is 0.654. The van der Waals surface area contributed by atoms with E-state index in [1.54, 1.807) is 42.5 Å². The quantitative estimate of drug-likeness (QED) is 0.238. The number of carbonyl (C=O) groups is 1. The molecule has 9 heteroatoms. The van der Waals surface area contributed by atoms with E-state index in [0.717, 1.165) is 11.1 Å². The van der Waals surface area contributed by atoms with Crippen molar-refractivity contribution in [2.75, 3.05) is 5.32 Å². The summed E-state index contributed by atoms with van der Waals surface area (Å²) >= 11 is 8.43. The maximum Gasteiger partial charge on any atom is 0.337 e. The Morgan fingerprint density at radius 3 is 2.56 bits per heavy atom. The minimum atomic E-state index is -1.05. The highest BCUT2D eigenvalue weighted by molar-refractivity contribution is 8.00. The number of carboxylic acids is 1. The van der Waals surface area contributed by atoms with Gasteiger partial charge in [0.2, 0.25) is 0 Å². The van der Waals surface area contributed by atoms with E-state index in [4.69, 9.17) is 11.6 Å².